The van der Waals surface area contributed by atoms with E-state index in [2.05, 4.69) is 6.07 Å². The highest BCUT2D eigenvalue weighted by atomic mass is 16.2. The third kappa shape index (κ3) is 2.44. The van der Waals surface area contributed by atoms with Crippen LogP contribution < -0.4 is 0 Å². The number of amides is 2. The van der Waals surface area contributed by atoms with Crippen LogP contribution in [-0.4, -0.2) is 23.8 Å². The van der Waals surface area contributed by atoms with Crippen molar-refractivity contribution in [3.63, 3.8) is 0 Å². The van der Waals surface area contributed by atoms with Gasteiger partial charge in [-0.1, -0.05) is 24.6 Å². The summed E-state index contributed by atoms with van der Waals surface area (Å²) >= 11 is 0. The average Bonchev–Trinajstić information content (AvgIpc) is 2.47. The van der Waals surface area contributed by atoms with E-state index in [1.54, 1.807) is 7.05 Å². The molecule has 1 heterocycles. The van der Waals surface area contributed by atoms with Gasteiger partial charge in [-0.15, -0.1) is 0 Å². The van der Waals surface area contributed by atoms with Gasteiger partial charge < -0.3 is 0 Å². The predicted octanol–water partition coefficient (Wildman–Crippen LogP) is 2.95. The second-order valence-electron chi connectivity index (χ2n) is 5.86. The Balaban J connectivity index is 2.43. The number of aryl methyl sites for hydroxylation is 1. The number of nitrogens with zero attached hydrogens (tertiary/aromatic N) is 2. The molecule has 0 aromatic heterocycles. The molecule has 110 valence electrons. The molecule has 0 N–H and O–H groups in total. The van der Waals surface area contributed by atoms with Gasteiger partial charge in [-0.2, -0.15) is 5.26 Å². The molecule has 0 spiro atoms. The third-order valence-electron chi connectivity index (χ3n) is 4.38. The number of likely N-dealkylation sites (N-methyl/N-ethyl adjacent to an activating group) is 1. The summed E-state index contributed by atoms with van der Waals surface area (Å²) < 4.78 is 0. The Morgan fingerprint density at radius 3 is 2.67 bits per heavy atom. The highest BCUT2D eigenvalue weighted by molar-refractivity contribution is 6.13. The lowest BCUT2D eigenvalue weighted by Gasteiger charge is -2.39. The number of fused-ring (bicyclic) bond motifs is 1. The monoisotopic (exact) mass is 284 g/mol. The Kier molecular flexibility index (Phi) is 4.13. The van der Waals surface area contributed by atoms with Crippen LogP contribution in [-0.2, 0) is 10.2 Å². The normalized spacial score (nSPS) is 21.1. The number of nitriles is 1. The molecule has 0 aliphatic carbocycles. The molecule has 0 saturated heterocycles. The predicted molar refractivity (Wildman–Crippen MR) is 79.7 cm³/mol. The molecule has 21 heavy (non-hydrogen) atoms. The number of carbonyl (C=O) groups excluding carboxylic acids is 2. The number of rotatable bonds is 4. The SMILES string of the molecule is Cc1cccc2c1C(=O)N(C)C(=O)C2(C)CCCCC#N. The number of hydrogen-bond donors (Lipinski definition) is 0. The van der Waals surface area contributed by atoms with E-state index in [4.69, 9.17) is 5.26 Å². The van der Waals surface area contributed by atoms with Crippen molar-refractivity contribution in [3.8, 4) is 6.07 Å². The number of carbonyl (C=O) groups is 2. The van der Waals surface area contributed by atoms with Crippen LogP contribution in [0.25, 0.3) is 0 Å². The van der Waals surface area contributed by atoms with Gasteiger partial charge in [0.2, 0.25) is 5.91 Å². The number of imide groups is 1. The van der Waals surface area contributed by atoms with E-state index < -0.39 is 5.41 Å². The highest BCUT2D eigenvalue weighted by Crippen LogP contribution is 2.39. The first kappa shape index (κ1) is 15.2. The van der Waals surface area contributed by atoms with Gasteiger partial charge in [0, 0.05) is 19.0 Å². The second kappa shape index (κ2) is 5.69. The largest absolute Gasteiger partial charge is 0.281 e. The summed E-state index contributed by atoms with van der Waals surface area (Å²) in [6, 6.07) is 7.80. The first-order valence-electron chi connectivity index (χ1n) is 7.23. The van der Waals surface area contributed by atoms with E-state index in [-0.39, 0.29) is 11.8 Å². The minimum atomic E-state index is -0.681. The van der Waals surface area contributed by atoms with Crippen molar-refractivity contribution in [1.82, 2.24) is 4.90 Å². The maximum Gasteiger partial charge on any atom is 0.260 e. The van der Waals surface area contributed by atoms with Crippen LogP contribution in [0.3, 0.4) is 0 Å². The molecule has 0 saturated carbocycles. The van der Waals surface area contributed by atoms with E-state index in [9.17, 15) is 9.59 Å². The van der Waals surface area contributed by atoms with Gasteiger partial charge in [-0.25, -0.2) is 0 Å². The van der Waals surface area contributed by atoms with Crippen molar-refractivity contribution < 1.29 is 9.59 Å². The standard InChI is InChI=1S/C17H20N2O2/c1-12-8-7-9-13-14(12)15(20)19(3)16(21)17(13,2)10-5-4-6-11-18/h7-9H,4-6,10H2,1-3H3. The van der Waals surface area contributed by atoms with E-state index in [0.717, 1.165) is 24.0 Å². The third-order valence-corrected chi connectivity index (χ3v) is 4.38. The van der Waals surface area contributed by atoms with Gasteiger partial charge >= 0.3 is 0 Å². The van der Waals surface area contributed by atoms with Gasteiger partial charge in [-0.05, 0) is 37.8 Å². The minimum Gasteiger partial charge on any atom is -0.281 e. The zero-order chi connectivity index (χ0) is 15.6. The molecule has 1 aliphatic heterocycles. The first-order chi connectivity index (χ1) is 9.93. The summed E-state index contributed by atoms with van der Waals surface area (Å²) in [6.45, 7) is 3.80. The molecule has 0 radical (unpaired) electrons. The number of benzene rings is 1. The minimum absolute atomic E-state index is 0.150. The molecule has 2 rings (SSSR count). The molecule has 1 aromatic carbocycles. The van der Waals surface area contributed by atoms with Crippen molar-refractivity contribution in [2.24, 2.45) is 0 Å². The van der Waals surface area contributed by atoms with Crippen molar-refractivity contribution in [2.45, 2.75) is 44.9 Å². The fraction of sp³-hybridized carbons (Fsp3) is 0.471. The molecule has 0 bridgehead atoms. The summed E-state index contributed by atoms with van der Waals surface area (Å²) in [7, 11) is 1.55. The van der Waals surface area contributed by atoms with E-state index in [1.165, 1.54) is 4.90 Å². The van der Waals surface area contributed by atoms with E-state index in [1.807, 2.05) is 32.0 Å². The fourth-order valence-electron chi connectivity index (χ4n) is 3.08. The summed E-state index contributed by atoms with van der Waals surface area (Å²) in [4.78, 5) is 26.2. The zero-order valence-corrected chi connectivity index (χ0v) is 12.8. The van der Waals surface area contributed by atoms with Crippen LogP contribution in [0.15, 0.2) is 18.2 Å². The molecule has 4 nitrogen and oxygen atoms in total. The molecule has 1 unspecified atom stereocenters. The Hall–Kier alpha value is -2.15. The quantitative estimate of drug-likeness (QED) is 0.631. The van der Waals surface area contributed by atoms with Gasteiger partial charge in [0.15, 0.2) is 0 Å². The van der Waals surface area contributed by atoms with Crippen molar-refractivity contribution in [3.05, 3.63) is 34.9 Å². The first-order valence-corrected chi connectivity index (χ1v) is 7.23. The smallest absolute Gasteiger partial charge is 0.260 e. The molecular formula is C17H20N2O2. The van der Waals surface area contributed by atoms with Gasteiger partial charge in [0.25, 0.3) is 5.91 Å². The average molecular weight is 284 g/mol. The van der Waals surface area contributed by atoms with Crippen molar-refractivity contribution >= 4 is 11.8 Å². The molecule has 1 aliphatic rings. The molecular weight excluding hydrogens is 264 g/mol. The van der Waals surface area contributed by atoms with Crippen LogP contribution in [0.5, 0.6) is 0 Å². The number of unbranched alkanes of at least 4 members (excludes halogenated alkanes) is 2. The van der Waals surface area contributed by atoms with Crippen molar-refractivity contribution in [1.29, 1.82) is 5.26 Å². The lowest BCUT2D eigenvalue weighted by molar-refractivity contribution is -0.134. The Bertz CT molecular complexity index is 630. The van der Waals surface area contributed by atoms with Crippen LogP contribution >= 0.6 is 0 Å². The molecule has 1 atom stereocenters. The van der Waals surface area contributed by atoms with Crippen LogP contribution in [0, 0.1) is 18.3 Å². The van der Waals surface area contributed by atoms with Gasteiger partial charge in [-0.3, -0.25) is 14.5 Å². The van der Waals surface area contributed by atoms with E-state index >= 15 is 0 Å². The maximum atomic E-state index is 12.6. The van der Waals surface area contributed by atoms with Crippen LogP contribution in [0.1, 0.15) is 54.1 Å². The lowest BCUT2D eigenvalue weighted by Crippen LogP contribution is -2.51. The van der Waals surface area contributed by atoms with Crippen LogP contribution in [0.2, 0.25) is 0 Å². The highest BCUT2D eigenvalue weighted by Gasteiger charge is 2.45. The molecule has 0 fully saturated rings. The Morgan fingerprint density at radius 2 is 2.00 bits per heavy atom. The maximum absolute atomic E-state index is 12.6. The summed E-state index contributed by atoms with van der Waals surface area (Å²) in [5, 5.41) is 8.62. The second-order valence-corrected chi connectivity index (χ2v) is 5.86. The zero-order valence-electron chi connectivity index (χ0n) is 12.8. The van der Waals surface area contributed by atoms with Crippen molar-refractivity contribution in [2.75, 3.05) is 7.05 Å². The summed E-state index contributed by atoms with van der Waals surface area (Å²) in [6.07, 6.45) is 2.73. The summed E-state index contributed by atoms with van der Waals surface area (Å²) in [5.74, 6) is -0.370. The Morgan fingerprint density at radius 1 is 1.29 bits per heavy atom. The molecule has 4 heteroatoms. The Labute approximate surface area is 125 Å². The van der Waals surface area contributed by atoms with Gasteiger partial charge in [0.1, 0.15) is 0 Å². The topological polar surface area (TPSA) is 61.2 Å². The fourth-order valence-corrected chi connectivity index (χ4v) is 3.08. The van der Waals surface area contributed by atoms with Crippen LogP contribution in [0.4, 0.5) is 0 Å². The summed E-state index contributed by atoms with van der Waals surface area (Å²) in [5.41, 5.74) is 1.70. The number of hydrogen-bond acceptors (Lipinski definition) is 3. The lowest BCUT2D eigenvalue weighted by atomic mass is 9.71. The van der Waals surface area contributed by atoms with Gasteiger partial charge in [0.05, 0.1) is 11.5 Å². The molecule has 2 amide bonds. The molecule has 1 aromatic rings. The van der Waals surface area contributed by atoms with E-state index in [0.29, 0.717) is 18.4 Å².